The maximum Gasteiger partial charge on any atom is 0.371 e. The molecule has 1 N–H and O–H groups in total. The molecule has 5 nitrogen and oxygen atoms in total. The first-order chi connectivity index (χ1) is 9.44. The van der Waals surface area contributed by atoms with Crippen molar-refractivity contribution in [1.82, 2.24) is 0 Å². The van der Waals surface area contributed by atoms with Crippen LogP contribution in [0.3, 0.4) is 0 Å². The summed E-state index contributed by atoms with van der Waals surface area (Å²) in [5, 5.41) is 9.12. The molecule has 106 valence electrons. The summed E-state index contributed by atoms with van der Waals surface area (Å²) < 4.78 is 29.1. The average molecular weight is 312 g/mol. The molecule has 2 aromatic rings. The highest BCUT2D eigenvalue weighted by atomic mass is 32.2. The number of rotatable bonds is 5. The normalized spacial score (nSPS) is 11.4. The minimum atomic E-state index is -3.34. The number of carboxylic acid groups (broad SMARTS) is 1. The summed E-state index contributed by atoms with van der Waals surface area (Å²) in [6.07, 6.45) is 0. The van der Waals surface area contributed by atoms with Crippen LogP contribution in [-0.2, 0) is 9.84 Å². The second-order valence-electron chi connectivity index (χ2n) is 3.88. The van der Waals surface area contributed by atoms with Crippen molar-refractivity contribution in [3.63, 3.8) is 0 Å². The highest BCUT2D eigenvalue weighted by molar-refractivity contribution is 8.00. The van der Waals surface area contributed by atoms with Crippen LogP contribution in [0.5, 0.6) is 0 Å². The molecule has 0 aliphatic heterocycles. The fourth-order valence-electron chi connectivity index (χ4n) is 1.55. The van der Waals surface area contributed by atoms with Crippen molar-refractivity contribution in [2.45, 2.75) is 21.8 Å². The molecule has 0 bridgehead atoms. The van der Waals surface area contributed by atoms with E-state index < -0.39 is 15.8 Å². The summed E-state index contributed by atoms with van der Waals surface area (Å²) in [6, 6.07) is 9.40. The lowest BCUT2D eigenvalue weighted by Crippen LogP contribution is -2.04. The van der Waals surface area contributed by atoms with E-state index in [0.29, 0.717) is 9.99 Å². The third-order valence-electron chi connectivity index (χ3n) is 2.57. The van der Waals surface area contributed by atoms with Gasteiger partial charge in [-0.05, 0) is 24.3 Å². The highest BCUT2D eigenvalue weighted by Crippen LogP contribution is 2.34. The Morgan fingerprint density at radius 1 is 1.25 bits per heavy atom. The molecule has 0 aliphatic rings. The van der Waals surface area contributed by atoms with Crippen molar-refractivity contribution in [3.8, 4) is 0 Å². The van der Waals surface area contributed by atoms with Crippen molar-refractivity contribution in [2.24, 2.45) is 0 Å². The highest BCUT2D eigenvalue weighted by Gasteiger charge is 2.18. The minimum Gasteiger partial charge on any atom is -0.475 e. The van der Waals surface area contributed by atoms with E-state index in [2.05, 4.69) is 0 Å². The van der Waals surface area contributed by atoms with E-state index in [4.69, 9.17) is 9.52 Å². The molecule has 1 aromatic heterocycles. The van der Waals surface area contributed by atoms with Gasteiger partial charge in [0.05, 0.1) is 10.6 Å². The van der Waals surface area contributed by atoms with E-state index in [1.165, 1.54) is 18.2 Å². The number of furan rings is 1. The predicted molar refractivity (Wildman–Crippen MR) is 74.0 cm³/mol. The van der Waals surface area contributed by atoms with Crippen molar-refractivity contribution in [2.75, 3.05) is 5.75 Å². The molecule has 0 fully saturated rings. The summed E-state index contributed by atoms with van der Waals surface area (Å²) in [5.74, 6) is -1.34. The van der Waals surface area contributed by atoms with E-state index >= 15 is 0 Å². The van der Waals surface area contributed by atoms with Gasteiger partial charge < -0.3 is 9.52 Å². The minimum absolute atomic E-state index is 0.00308. The number of hydrogen-bond donors (Lipinski definition) is 1. The van der Waals surface area contributed by atoms with E-state index in [-0.39, 0.29) is 16.4 Å². The van der Waals surface area contributed by atoms with Gasteiger partial charge in [0.25, 0.3) is 0 Å². The SMILES string of the molecule is CCS(=O)(=O)c1ccccc1Sc1ccc(C(=O)O)o1. The van der Waals surface area contributed by atoms with Crippen molar-refractivity contribution in [1.29, 1.82) is 0 Å². The van der Waals surface area contributed by atoms with Gasteiger partial charge in [-0.3, -0.25) is 0 Å². The first-order valence-corrected chi connectivity index (χ1v) is 8.23. The number of carbonyl (C=O) groups is 1. The Kier molecular flexibility index (Phi) is 4.20. The standard InChI is InChI=1S/C13H12O5S2/c1-2-20(16,17)11-6-4-3-5-10(11)19-12-8-7-9(18-12)13(14)15/h3-8H,2H2,1H3,(H,14,15). The first kappa shape index (κ1) is 14.7. The zero-order chi connectivity index (χ0) is 14.8. The summed E-state index contributed by atoms with van der Waals surface area (Å²) in [5.41, 5.74) is 0. The quantitative estimate of drug-likeness (QED) is 0.913. The van der Waals surface area contributed by atoms with Gasteiger partial charge in [0, 0.05) is 4.90 Å². The van der Waals surface area contributed by atoms with Crippen LogP contribution in [0.15, 0.2) is 55.7 Å². The molecule has 0 aliphatic carbocycles. The van der Waals surface area contributed by atoms with E-state index in [0.717, 1.165) is 11.8 Å². The average Bonchev–Trinajstić information content (AvgIpc) is 2.88. The van der Waals surface area contributed by atoms with Crippen molar-refractivity contribution < 1.29 is 22.7 Å². The van der Waals surface area contributed by atoms with Gasteiger partial charge in [-0.15, -0.1) is 0 Å². The zero-order valence-electron chi connectivity index (χ0n) is 10.6. The summed E-state index contributed by atoms with van der Waals surface area (Å²) in [7, 11) is -3.34. The molecular weight excluding hydrogens is 300 g/mol. The molecule has 20 heavy (non-hydrogen) atoms. The van der Waals surface area contributed by atoms with E-state index in [1.807, 2.05) is 0 Å². The van der Waals surface area contributed by atoms with Crippen LogP contribution in [0.25, 0.3) is 0 Å². The maximum absolute atomic E-state index is 12.0. The van der Waals surface area contributed by atoms with Crippen LogP contribution >= 0.6 is 11.8 Å². The van der Waals surface area contributed by atoms with Gasteiger partial charge >= 0.3 is 5.97 Å². The lowest BCUT2D eigenvalue weighted by atomic mass is 10.4. The molecule has 0 atom stereocenters. The van der Waals surface area contributed by atoms with Gasteiger partial charge in [-0.2, -0.15) is 0 Å². The first-order valence-electron chi connectivity index (χ1n) is 5.77. The van der Waals surface area contributed by atoms with Gasteiger partial charge in [-0.25, -0.2) is 13.2 Å². The molecule has 2 rings (SSSR count). The molecule has 0 amide bonds. The molecule has 0 unspecified atom stereocenters. The number of aromatic carboxylic acids is 1. The smallest absolute Gasteiger partial charge is 0.371 e. The van der Waals surface area contributed by atoms with Crippen LogP contribution < -0.4 is 0 Å². The van der Waals surface area contributed by atoms with Crippen LogP contribution in [0, 0.1) is 0 Å². The zero-order valence-corrected chi connectivity index (χ0v) is 12.2. The van der Waals surface area contributed by atoms with Crippen LogP contribution in [0.2, 0.25) is 0 Å². The molecule has 0 radical (unpaired) electrons. The Hall–Kier alpha value is -1.73. The van der Waals surface area contributed by atoms with Crippen molar-refractivity contribution in [3.05, 3.63) is 42.2 Å². The van der Waals surface area contributed by atoms with E-state index in [9.17, 15) is 13.2 Å². The Balaban J connectivity index is 2.36. The topological polar surface area (TPSA) is 84.6 Å². The Morgan fingerprint density at radius 2 is 1.95 bits per heavy atom. The monoisotopic (exact) mass is 312 g/mol. The largest absolute Gasteiger partial charge is 0.475 e. The lowest BCUT2D eigenvalue weighted by molar-refractivity contribution is 0.0656. The molecule has 7 heteroatoms. The number of hydrogen-bond acceptors (Lipinski definition) is 5. The van der Waals surface area contributed by atoms with Crippen LogP contribution in [0.1, 0.15) is 17.5 Å². The maximum atomic E-state index is 12.0. The fourth-order valence-corrected chi connectivity index (χ4v) is 3.82. The van der Waals surface area contributed by atoms with Gasteiger partial charge in [0.1, 0.15) is 0 Å². The lowest BCUT2D eigenvalue weighted by Gasteiger charge is -2.07. The second-order valence-corrected chi connectivity index (χ2v) is 7.17. The van der Waals surface area contributed by atoms with Gasteiger partial charge in [0.15, 0.2) is 14.9 Å². The van der Waals surface area contributed by atoms with E-state index in [1.54, 1.807) is 25.1 Å². The molecular formula is C13H12O5S2. The third kappa shape index (κ3) is 3.05. The number of sulfone groups is 1. The number of carboxylic acids is 1. The van der Waals surface area contributed by atoms with Crippen LogP contribution in [0.4, 0.5) is 0 Å². The fraction of sp³-hybridized carbons (Fsp3) is 0.154. The summed E-state index contributed by atoms with van der Waals surface area (Å²) >= 11 is 1.09. The summed E-state index contributed by atoms with van der Waals surface area (Å²) in [6.45, 7) is 1.58. The van der Waals surface area contributed by atoms with Crippen molar-refractivity contribution >= 4 is 27.6 Å². The predicted octanol–water partition coefficient (Wildman–Crippen LogP) is 2.92. The Morgan fingerprint density at radius 3 is 2.55 bits per heavy atom. The Labute approximate surface area is 120 Å². The molecule has 1 aromatic carbocycles. The third-order valence-corrected chi connectivity index (χ3v) is 5.48. The Bertz CT molecular complexity index is 731. The molecule has 0 saturated carbocycles. The van der Waals surface area contributed by atoms with Gasteiger partial charge in [-0.1, -0.05) is 30.8 Å². The molecule has 1 heterocycles. The van der Waals surface area contributed by atoms with Crippen LogP contribution in [-0.4, -0.2) is 25.2 Å². The molecule has 0 spiro atoms. The second kappa shape index (κ2) is 5.72. The molecule has 0 saturated heterocycles. The number of benzene rings is 1. The van der Waals surface area contributed by atoms with Gasteiger partial charge in [0.2, 0.25) is 5.76 Å². The summed E-state index contributed by atoms with van der Waals surface area (Å²) in [4.78, 5) is 11.5.